The number of rotatable bonds is 4. The van der Waals surface area contributed by atoms with Crippen LogP contribution in [0, 0.1) is 6.92 Å². The summed E-state index contributed by atoms with van der Waals surface area (Å²) in [5, 5.41) is 2.16. The molecule has 4 nitrogen and oxygen atoms in total. The van der Waals surface area contributed by atoms with Crippen LogP contribution >= 0.6 is 0 Å². The Kier molecular flexibility index (Phi) is 7.97. The first-order valence-electron chi connectivity index (χ1n) is 21.1. The van der Waals surface area contributed by atoms with Crippen molar-refractivity contribution in [1.29, 1.82) is 0 Å². The molecule has 0 bridgehead atoms. The van der Waals surface area contributed by atoms with E-state index in [4.69, 9.17) is 8.83 Å². The van der Waals surface area contributed by atoms with Crippen molar-refractivity contribution in [2.45, 2.75) is 59.3 Å². The van der Waals surface area contributed by atoms with E-state index in [0.717, 1.165) is 55.6 Å². The van der Waals surface area contributed by atoms with Crippen molar-refractivity contribution in [3.05, 3.63) is 175 Å². The highest BCUT2D eigenvalue weighted by Crippen LogP contribution is 2.51. The molecule has 7 aromatic carbocycles. The summed E-state index contributed by atoms with van der Waals surface area (Å²) in [4.78, 5) is 5.05. The van der Waals surface area contributed by atoms with Gasteiger partial charge in [0.25, 0.3) is 6.71 Å². The first-order valence-corrected chi connectivity index (χ1v) is 21.1. The summed E-state index contributed by atoms with van der Waals surface area (Å²) in [6, 6.07) is 53.8. The molecule has 4 heterocycles. The smallest absolute Gasteiger partial charge is 0.252 e. The summed E-state index contributed by atoms with van der Waals surface area (Å²) in [7, 11) is 0. The first kappa shape index (κ1) is 36.4. The third-order valence-corrected chi connectivity index (χ3v) is 12.7. The number of aryl methyl sites for hydroxylation is 1. The normalized spacial score (nSPS) is 13.5. The van der Waals surface area contributed by atoms with Gasteiger partial charge in [0.2, 0.25) is 0 Å². The molecule has 0 unspecified atom stereocenters. The minimum absolute atomic E-state index is 0.0299. The Hall–Kier alpha value is -6.72. The van der Waals surface area contributed by atoms with Gasteiger partial charge in [-0.15, -0.1) is 0 Å². The Morgan fingerprint density at radius 2 is 0.850 bits per heavy atom. The standard InChI is InChI=1S/C55H47BN2O2/c1-34-30-47-51-48(31-34)58(46-23-19-38-27-29-60-53(38)50(46)36-16-12-9-13-17-36)44-25-21-40(55(5,6)7)33-42(44)56(51)41-32-39(54(2,3)4)20-24-43(41)57(47)45-22-18-37-26-28-59-52(37)49(45)35-14-10-8-11-15-35/h8-33H,1-7H3. The maximum atomic E-state index is 6.38. The van der Waals surface area contributed by atoms with Gasteiger partial charge >= 0.3 is 0 Å². The zero-order chi connectivity index (χ0) is 41.1. The average Bonchev–Trinajstić information content (AvgIpc) is 3.93. The monoisotopic (exact) mass is 778 g/mol. The van der Waals surface area contributed by atoms with Crippen LogP contribution in [0.15, 0.2) is 167 Å². The van der Waals surface area contributed by atoms with E-state index in [0.29, 0.717) is 0 Å². The van der Waals surface area contributed by atoms with Crippen LogP contribution in [0.2, 0.25) is 0 Å². The topological polar surface area (TPSA) is 32.8 Å². The molecule has 0 fully saturated rings. The largest absolute Gasteiger partial charge is 0.464 e. The van der Waals surface area contributed by atoms with E-state index in [9.17, 15) is 0 Å². The van der Waals surface area contributed by atoms with Crippen LogP contribution in [0.5, 0.6) is 0 Å². The van der Waals surface area contributed by atoms with Crippen molar-refractivity contribution < 1.29 is 8.83 Å². The van der Waals surface area contributed by atoms with Gasteiger partial charge in [0.1, 0.15) is 11.2 Å². The van der Waals surface area contributed by atoms with Crippen molar-refractivity contribution in [3.8, 4) is 22.3 Å². The van der Waals surface area contributed by atoms with E-state index in [-0.39, 0.29) is 17.5 Å². The molecule has 11 rings (SSSR count). The highest BCUT2D eigenvalue weighted by atomic mass is 16.3. The summed E-state index contributed by atoms with van der Waals surface area (Å²) in [5.41, 5.74) is 20.6. The lowest BCUT2D eigenvalue weighted by Gasteiger charge is -2.45. The summed E-state index contributed by atoms with van der Waals surface area (Å²) in [6.07, 6.45) is 3.62. The number of nitrogens with zero attached hydrogens (tertiary/aromatic N) is 2. The Morgan fingerprint density at radius 1 is 0.433 bits per heavy atom. The van der Waals surface area contributed by atoms with Crippen LogP contribution in [0.25, 0.3) is 44.2 Å². The first-order chi connectivity index (χ1) is 29.0. The zero-order valence-electron chi connectivity index (χ0n) is 35.3. The van der Waals surface area contributed by atoms with Gasteiger partial charge in [-0.3, -0.25) is 0 Å². The molecule has 0 amide bonds. The molecular weight excluding hydrogens is 731 g/mol. The minimum Gasteiger partial charge on any atom is -0.464 e. The van der Waals surface area contributed by atoms with E-state index in [1.165, 1.54) is 55.8 Å². The highest BCUT2D eigenvalue weighted by Gasteiger charge is 2.45. The molecule has 292 valence electrons. The summed E-state index contributed by atoms with van der Waals surface area (Å²) >= 11 is 0. The average molecular weight is 779 g/mol. The van der Waals surface area contributed by atoms with Gasteiger partial charge in [-0.1, -0.05) is 126 Å². The fourth-order valence-electron chi connectivity index (χ4n) is 9.78. The Bertz CT molecular complexity index is 2940. The van der Waals surface area contributed by atoms with E-state index in [1.54, 1.807) is 0 Å². The molecule has 0 N–H and O–H groups in total. The van der Waals surface area contributed by atoms with Crippen molar-refractivity contribution in [2.24, 2.45) is 0 Å². The zero-order valence-corrected chi connectivity index (χ0v) is 35.3. The van der Waals surface area contributed by atoms with Gasteiger partial charge in [0.15, 0.2) is 0 Å². The number of fused-ring (bicyclic) bond motifs is 6. The molecule has 2 aliphatic rings. The third kappa shape index (κ3) is 5.52. The van der Waals surface area contributed by atoms with Crippen LogP contribution < -0.4 is 26.2 Å². The van der Waals surface area contributed by atoms with Gasteiger partial charge in [-0.05, 0) is 123 Å². The van der Waals surface area contributed by atoms with Gasteiger partial charge in [0.05, 0.1) is 23.9 Å². The lowest BCUT2D eigenvalue weighted by Crippen LogP contribution is -2.61. The molecular formula is C55H47BN2O2. The second-order valence-electron chi connectivity index (χ2n) is 18.7. The van der Waals surface area contributed by atoms with Gasteiger partial charge in [-0.2, -0.15) is 0 Å². The van der Waals surface area contributed by atoms with Crippen molar-refractivity contribution >= 4 is 79.2 Å². The summed E-state index contributed by atoms with van der Waals surface area (Å²) < 4.78 is 12.8. The van der Waals surface area contributed by atoms with Crippen molar-refractivity contribution in [3.63, 3.8) is 0 Å². The maximum absolute atomic E-state index is 6.38. The van der Waals surface area contributed by atoms with E-state index in [2.05, 4.69) is 204 Å². The molecule has 2 aromatic heterocycles. The van der Waals surface area contributed by atoms with Crippen molar-refractivity contribution in [2.75, 3.05) is 9.80 Å². The number of hydrogen-bond acceptors (Lipinski definition) is 4. The fourth-order valence-corrected chi connectivity index (χ4v) is 9.78. The van der Waals surface area contributed by atoms with Gasteiger partial charge in [0, 0.05) is 44.6 Å². The Morgan fingerprint density at radius 3 is 1.27 bits per heavy atom. The number of hydrogen-bond donors (Lipinski definition) is 0. The minimum atomic E-state index is -0.0572. The van der Waals surface area contributed by atoms with Crippen LogP contribution in [-0.4, -0.2) is 6.71 Å². The molecule has 0 spiro atoms. The molecule has 2 aliphatic heterocycles. The third-order valence-electron chi connectivity index (χ3n) is 12.7. The molecule has 9 aromatic rings. The van der Waals surface area contributed by atoms with E-state index < -0.39 is 0 Å². The van der Waals surface area contributed by atoms with Crippen LogP contribution in [0.4, 0.5) is 34.1 Å². The van der Waals surface area contributed by atoms with Gasteiger partial charge < -0.3 is 18.6 Å². The van der Waals surface area contributed by atoms with E-state index >= 15 is 0 Å². The highest BCUT2D eigenvalue weighted by molar-refractivity contribution is 7.00. The second kappa shape index (κ2) is 13.1. The lowest BCUT2D eigenvalue weighted by molar-refractivity contribution is 0.590. The fraction of sp³-hybridized carbons (Fsp3) is 0.164. The van der Waals surface area contributed by atoms with Crippen molar-refractivity contribution in [1.82, 2.24) is 0 Å². The SMILES string of the molecule is Cc1cc2c3c(c1)N(c1ccc4ccoc4c1-c1ccccc1)c1ccc(C(C)(C)C)cc1B3c1cc(C(C)(C)C)ccc1N2c1ccc2ccoc2c1-c1ccccc1. The molecule has 0 aliphatic carbocycles. The number of anilines is 6. The lowest BCUT2D eigenvalue weighted by atomic mass is 9.33. The quantitative estimate of drug-likeness (QED) is 0.167. The molecule has 0 saturated carbocycles. The molecule has 0 atom stereocenters. The summed E-state index contributed by atoms with van der Waals surface area (Å²) in [6.45, 7) is 16.1. The predicted molar refractivity (Wildman–Crippen MR) is 253 cm³/mol. The molecule has 0 radical (unpaired) electrons. The van der Waals surface area contributed by atoms with E-state index in [1.807, 2.05) is 12.5 Å². The molecule has 5 heteroatoms. The molecule has 0 saturated heterocycles. The van der Waals surface area contributed by atoms with Crippen LogP contribution in [-0.2, 0) is 10.8 Å². The number of furan rings is 2. The number of benzene rings is 7. The van der Waals surface area contributed by atoms with Crippen LogP contribution in [0.3, 0.4) is 0 Å². The second-order valence-corrected chi connectivity index (χ2v) is 18.7. The van der Waals surface area contributed by atoms with Crippen LogP contribution in [0.1, 0.15) is 58.2 Å². The Balaban J connectivity index is 1.29. The maximum Gasteiger partial charge on any atom is 0.252 e. The molecule has 60 heavy (non-hydrogen) atoms. The van der Waals surface area contributed by atoms with Gasteiger partial charge in [-0.25, -0.2) is 0 Å². The summed E-state index contributed by atoms with van der Waals surface area (Å²) in [5.74, 6) is 0. The Labute approximate surface area is 352 Å². The predicted octanol–water partition coefficient (Wildman–Crippen LogP) is 13.5.